The zero-order chi connectivity index (χ0) is 13.2. The molecule has 1 aromatic rings. The van der Waals surface area contributed by atoms with Crippen molar-refractivity contribution in [1.82, 2.24) is 0 Å². The van der Waals surface area contributed by atoms with Gasteiger partial charge >= 0.3 is 0 Å². The van der Waals surface area contributed by atoms with Crippen LogP contribution in [0.3, 0.4) is 0 Å². The third kappa shape index (κ3) is 4.84. The van der Waals surface area contributed by atoms with E-state index in [0.717, 1.165) is 30.3 Å². The Kier molecular flexibility index (Phi) is 7.03. The van der Waals surface area contributed by atoms with E-state index in [1.165, 1.54) is 0 Å². The van der Waals surface area contributed by atoms with Crippen LogP contribution in [-0.4, -0.2) is 33.0 Å². The fraction of sp³-hybridized carbons (Fsp3) is 0.571. The molecule has 4 heteroatoms. The molecule has 4 nitrogen and oxygen atoms in total. The normalized spacial score (nSPS) is 10.2. The summed E-state index contributed by atoms with van der Waals surface area (Å²) in [5, 5.41) is 3.29. The van der Waals surface area contributed by atoms with E-state index in [-0.39, 0.29) is 0 Å². The Balaban J connectivity index is 2.61. The third-order valence-electron chi connectivity index (χ3n) is 2.32. The van der Waals surface area contributed by atoms with Crippen molar-refractivity contribution in [2.45, 2.75) is 20.8 Å². The van der Waals surface area contributed by atoms with E-state index in [4.69, 9.17) is 14.2 Å². The second-order valence-corrected chi connectivity index (χ2v) is 3.65. The van der Waals surface area contributed by atoms with Crippen LogP contribution in [0.25, 0.3) is 0 Å². The predicted molar refractivity (Wildman–Crippen MR) is 73.8 cm³/mol. The molecule has 0 bridgehead atoms. The molecule has 0 heterocycles. The smallest absolute Gasteiger partial charge is 0.163 e. The first-order valence-corrected chi connectivity index (χ1v) is 6.53. The molecule has 0 aliphatic carbocycles. The van der Waals surface area contributed by atoms with Gasteiger partial charge in [-0.1, -0.05) is 0 Å². The molecule has 102 valence electrons. The van der Waals surface area contributed by atoms with Gasteiger partial charge in [0, 0.05) is 24.9 Å². The van der Waals surface area contributed by atoms with Crippen LogP contribution in [0, 0.1) is 0 Å². The predicted octanol–water partition coefficient (Wildman–Crippen LogP) is 2.93. The van der Waals surface area contributed by atoms with Crippen molar-refractivity contribution in [2.24, 2.45) is 0 Å². The number of anilines is 1. The summed E-state index contributed by atoms with van der Waals surface area (Å²) < 4.78 is 16.3. The van der Waals surface area contributed by atoms with Gasteiger partial charge in [-0.2, -0.15) is 0 Å². The molecule has 0 radical (unpaired) electrons. The molecule has 0 saturated heterocycles. The van der Waals surface area contributed by atoms with E-state index in [0.29, 0.717) is 19.8 Å². The maximum Gasteiger partial charge on any atom is 0.163 e. The first-order chi connectivity index (χ1) is 8.81. The molecular formula is C14H23NO3. The average molecular weight is 253 g/mol. The molecule has 0 spiro atoms. The molecule has 0 amide bonds. The molecule has 1 rings (SSSR count). The Morgan fingerprint density at radius 2 is 1.67 bits per heavy atom. The lowest BCUT2D eigenvalue weighted by Crippen LogP contribution is -2.09. The number of nitrogens with one attached hydrogen (secondary N) is 1. The molecule has 0 aliphatic rings. The summed E-state index contributed by atoms with van der Waals surface area (Å²) in [6.07, 6.45) is 0. The zero-order valence-electron chi connectivity index (χ0n) is 11.5. The third-order valence-corrected chi connectivity index (χ3v) is 2.32. The highest BCUT2D eigenvalue weighted by atomic mass is 16.5. The molecule has 0 aliphatic heterocycles. The number of hydrogen-bond donors (Lipinski definition) is 1. The van der Waals surface area contributed by atoms with Crippen molar-refractivity contribution in [3.63, 3.8) is 0 Å². The molecule has 0 unspecified atom stereocenters. The van der Waals surface area contributed by atoms with E-state index in [1.807, 2.05) is 39.0 Å². The summed E-state index contributed by atoms with van der Waals surface area (Å²) >= 11 is 0. The summed E-state index contributed by atoms with van der Waals surface area (Å²) in [4.78, 5) is 0. The van der Waals surface area contributed by atoms with E-state index in [1.54, 1.807) is 0 Å². The van der Waals surface area contributed by atoms with Gasteiger partial charge in [0.1, 0.15) is 0 Å². The van der Waals surface area contributed by atoms with Gasteiger partial charge in [-0.25, -0.2) is 0 Å². The largest absolute Gasteiger partial charge is 0.490 e. The SMILES string of the molecule is CCOCCNc1ccc(OCC)c(OCC)c1. The van der Waals surface area contributed by atoms with Crippen molar-refractivity contribution in [1.29, 1.82) is 0 Å². The van der Waals surface area contributed by atoms with Gasteiger partial charge in [-0.15, -0.1) is 0 Å². The first-order valence-electron chi connectivity index (χ1n) is 6.53. The Morgan fingerprint density at radius 1 is 0.944 bits per heavy atom. The summed E-state index contributed by atoms with van der Waals surface area (Å²) in [7, 11) is 0. The van der Waals surface area contributed by atoms with Crippen LogP contribution in [0.15, 0.2) is 18.2 Å². The number of hydrogen-bond acceptors (Lipinski definition) is 4. The standard InChI is InChI=1S/C14H23NO3/c1-4-16-10-9-15-12-7-8-13(17-5-2)14(11-12)18-6-3/h7-8,11,15H,4-6,9-10H2,1-3H3. The van der Waals surface area contributed by atoms with Crippen LogP contribution in [0.1, 0.15) is 20.8 Å². The zero-order valence-corrected chi connectivity index (χ0v) is 11.5. The van der Waals surface area contributed by atoms with Crippen LogP contribution in [0.2, 0.25) is 0 Å². The van der Waals surface area contributed by atoms with Crippen molar-refractivity contribution in [3.05, 3.63) is 18.2 Å². The van der Waals surface area contributed by atoms with E-state index < -0.39 is 0 Å². The molecular weight excluding hydrogens is 230 g/mol. The van der Waals surface area contributed by atoms with Gasteiger partial charge in [0.2, 0.25) is 0 Å². The fourth-order valence-corrected chi connectivity index (χ4v) is 1.57. The Morgan fingerprint density at radius 3 is 2.33 bits per heavy atom. The minimum absolute atomic E-state index is 0.627. The maximum atomic E-state index is 5.56. The molecule has 1 N–H and O–H groups in total. The second kappa shape index (κ2) is 8.64. The van der Waals surface area contributed by atoms with Gasteiger partial charge in [0.05, 0.1) is 19.8 Å². The summed E-state index contributed by atoms with van der Waals surface area (Å²) in [5.74, 6) is 1.57. The van der Waals surface area contributed by atoms with Crippen molar-refractivity contribution >= 4 is 5.69 Å². The van der Waals surface area contributed by atoms with Crippen LogP contribution in [0.4, 0.5) is 5.69 Å². The number of rotatable bonds is 9. The van der Waals surface area contributed by atoms with Crippen molar-refractivity contribution in [3.8, 4) is 11.5 Å². The topological polar surface area (TPSA) is 39.7 Å². The van der Waals surface area contributed by atoms with Gasteiger partial charge in [-0.05, 0) is 32.9 Å². The molecule has 18 heavy (non-hydrogen) atoms. The monoisotopic (exact) mass is 253 g/mol. The fourth-order valence-electron chi connectivity index (χ4n) is 1.57. The second-order valence-electron chi connectivity index (χ2n) is 3.65. The summed E-state index contributed by atoms with van der Waals surface area (Å²) in [5.41, 5.74) is 1.02. The van der Waals surface area contributed by atoms with Crippen LogP contribution < -0.4 is 14.8 Å². The molecule has 1 aromatic carbocycles. The summed E-state index contributed by atoms with van der Waals surface area (Å²) in [6.45, 7) is 9.41. The minimum atomic E-state index is 0.627. The molecule has 0 aromatic heterocycles. The lowest BCUT2D eigenvalue weighted by atomic mass is 10.2. The Hall–Kier alpha value is -1.42. The van der Waals surface area contributed by atoms with E-state index >= 15 is 0 Å². The van der Waals surface area contributed by atoms with E-state index in [2.05, 4.69) is 5.32 Å². The van der Waals surface area contributed by atoms with Crippen LogP contribution in [0.5, 0.6) is 11.5 Å². The minimum Gasteiger partial charge on any atom is -0.490 e. The van der Waals surface area contributed by atoms with E-state index in [9.17, 15) is 0 Å². The highest BCUT2D eigenvalue weighted by Crippen LogP contribution is 2.30. The lowest BCUT2D eigenvalue weighted by molar-refractivity contribution is 0.158. The van der Waals surface area contributed by atoms with Gasteiger partial charge in [0.25, 0.3) is 0 Å². The molecule has 0 saturated carbocycles. The number of benzene rings is 1. The lowest BCUT2D eigenvalue weighted by Gasteiger charge is -2.13. The van der Waals surface area contributed by atoms with Gasteiger partial charge in [-0.3, -0.25) is 0 Å². The Bertz CT molecular complexity index is 342. The number of ether oxygens (including phenoxy) is 3. The molecule has 0 atom stereocenters. The maximum absolute atomic E-state index is 5.56. The van der Waals surface area contributed by atoms with Gasteiger partial charge < -0.3 is 19.5 Å². The average Bonchev–Trinajstić information content (AvgIpc) is 2.38. The van der Waals surface area contributed by atoms with Crippen LogP contribution >= 0.6 is 0 Å². The highest BCUT2D eigenvalue weighted by Gasteiger charge is 2.05. The summed E-state index contributed by atoms with van der Waals surface area (Å²) in [6, 6.07) is 5.87. The van der Waals surface area contributed by atoms with Crippen molar-refractivity contribution in [2.75, 3.05) is 38.3 Å². The highest BCUT2D eigenvalue weighted by molar-refractivity contribution is 5.54. The van der Waals surface area contributed by atoms with Crippen LogP contribution in [-0.2, 0) is 4.74 Å². The first kappa shape index (κ1) is 14.6. The van der Waals surface area contributed by atoms with Crippen molar-refractivity contribution < 1.29 is 14.2 Å². The molecule has 0 fully saturated rings. The Labute approximate surface area is 109 Å². The quantitative estimate of drug-likeness (QED) is 0.687. The van der Waals surface area contributed by atoms with Gasteiger partial charge in [0.15, 0.2) is 11.5 Å².